The van der Waals surface area contributed by atoms with Crippen molar-refractivity contribution in [3.63, 3.8) is 0 Å². The van der Waals surface area contributed by atoms with Crippen LogP contribution < -0.4 is 5.56 Å². The van der Waals surface area contributed by atoms with Gasteiger partial charge in [0.1, 0.15) is 5.69 Å². The highest BCUT2D eigenvalue weighted by atomic mass is 16.3. The molecule has 1 aliphatic rings. The van der Waals surface area contributed by atoms with Crippen molar-refractivity contribution in [2.45, 2.75) is 0 Å². The molecule has 2 N–H and O–H groups in total. The smallest absolute Gasteiger partial charge is 0.270 e. The van der Waals surface area contributed by atoms with Crippen molar-refractivity contribution in [3.05, 3.63) is 34.2 Å². The van der Waals surface area contributed by atoms with Gasteiger partial charge in [0.25, 0.3) is 5.91 Å². The average Bonchev–Trinajstić information content (AvgIpc) is 2.39. The Hall–Kier alpha value is -1.66. The number of piperazine rings is 1. The second kappa shape index (κ2) is 5.79. The largest absolute Gasteiger partial charge is 0.395 e. The quantitative estimate of drug-likeness (QED) is 0.732. The number of carbonyl (C=O) groups is 1. The molecule has 0 aromatic carbocycles. The van der Waals surface area contributed by atoms with Crippen molar-refractivity contribution in [3.8, 4) is 0 Å². The maximum absolute atomic E-state index is 12.1. The molecule has 0 aliphatic carbocycles. The van der Waals surface area contributed by atoms with Gasteiger partial charge in [-0.25, -0.2) is 0 Å². The van der Waals surface area contributed by atoms with Crippen LogP contribution in [0.2, 0.25) is 0 Å². The van der Waals surface area contributed by atoms with Crippen LogP contribution in [0.3, 0.4) is 0 Å². The predicted octanol–water partition coefficient (Wildman–Crippen LogP) is -0.875. The van der Waals surface area contributed by atoms with E-state index in [1.54, 1.807) is 17.0 Å². The van der Waals surface area contributed by atoms with E-state index in [-0.39, 0.29) is 18.1 Å². The molecule has 2 rings (SSSR count). The van der Waals surface area contributed by atoms with Crippen LogP contribution >= 0.6 is 0 Å². The minimum Gasteiger partial charge on any atom is -0.395 e. The van der Waals surface area contributed by atoms with Gasteiger partial charge in [0.05, 0.1) is 6.61 Å². The zero-order chi connectivity index (χ0) is 13.0. The normalized spacial score (nSPS) is 16.8. The van der Waals surface area contributed by atoms with E-state index < -0.39 is 0 Å². The van der Waals surface area contributed by atoms with Crippen LogP contribution in [0.1, 0.15) is 10.5 Å². The molecule has 0 saturated carbocycles. The molecule has 1 fully saturated rings. The molecule has 6 heteroatoms. The predicted molar refractivity (Wildman–Crippen MR) is 66.5 cm³/mol. The second-order valence-corrected chi connectivity index (χ2v) is 4.29. The summed E-state index contributed by atoms with van der Waals surface area (Å²) in [5.41, 5.74) is 0.0675. The molecule has 6 nitrogen and oxygen atoms in total. The number of H-pyrrole nitrogens is 1. The first-order valence-electron chi connectivity index (χ1n) is 6.02. The van der Waals surface area contributed by atoms with Gasteiger partial charge >= 0.3 is 0 Å². The van der Waals surface area contributed by atoms with E-state index in [9.17, 15) is 9.59 Å². The first-order chi connectivity index (χ1) is 8.70. The molecular formula is C12H17N3O3. The Labute approximate surface area is 105 Å². The van der Waals surface area contributed by atoms with E-state index in [4.69, 9.17) is 5.11 Å². The number of aliphatic hydroxyl groups is 1. The minimum atomic E-state index is -0.264. The lowest BCUT2D eigenvalue weighted by molar-refractivity contribution is 0.0609. The minimum absolute atomic E-state index is 0.139. The number of rotatable bonds is 3. The molecule has 0 radical (unpaired) electrons. The third kappa shape index (κ3) is 2.96. The van der Waals surface area contributed by atoms with Gasteiger partial charge in [0.15, 0.2) is 0 Å². The van der Waals surface area contributed by atoms with E-state index >= 15 is 0 Å². The highest BCUT2D eigenvalue weighted by Crippen LogP contribution is 2.05. The fourth-order valence-electron chi connectivity index (χ4n) is 2.06. The first kappa shape index (κ1) is 12.8. The first-order valence-corrected chi connectivity index (χ1v) is 6.02. The fourth-order valence-corrected chi connectivity index (χ4v) is 2.06. The van der Waals surface area contributed by atoms with Crippen LogP contribution in [0, 0.1) is 0 Å². The van der Waals surface area contributed by atoms with Gasteiger partial charge < -0.3 is 15.0 Å². The molecule has 1 saturated heterocycles. The maximum Gasteiger partial charge on any atom is 0.270 e. The zero-order valence-corrected chi connectivity index (χ0v) is 10.1. The number of amides is 1. The van der Waals surface area contributed by atoms with Gasteiger partial charge in [-0.3, -0.25) is 14.5 Å². The fraction of sp³-hybridized carbons (Fsp3) is 0.500. The summed E-state index contributed by atoms with van der Waals surface area (Å²) in [4.78, 5) is 29.6. The van der Waals surface area contributed by atoms with E-state index in [0.29, 0.717) is 25.3 Å². The van der Waals surface area contributed by atoms with Gasteiger partial charge in [0.2, 0.25) is 5.56 Å². The van der Waals surface area contributed by atoms with Crippen LogP contribution in [-0.2, 0) is 0 Å². The number of hydrogen-bond acceptors (Lipinski definition) is 4. The summed E-state index contributed by atoms with van der Waals surface area (Å²) in [6.07, 6.45) is 0. The van der Waals surface area contributed by atoms with Crippen molar-refractivity contribution in [2.24, 2.45) is 0 Å². The monoisotopic (exact) mass is 251 g/mol. The number of nitrogens with zero attached hydrogens (tertiary/aromatic N) is 2. The number of carbonyl (C=O) groups excluding carboxylic acids is 1. The third-order valence-electron chi connectivity index (χ3n) is 3.07. The molecule has 0 bridgehead atoms. The zero-order valence-electron chi connectivity index (χ0n) is 10.1. The van der Waals surface area contributed by atoms with Crippen molar-refractivity contribution in [1.82, 2.24) is 14.8 Å². The molecule has 2 heterocycles. The highest BCUT2D eigenvalue weighted by molar-refractivity contribution is 5.92. The summed E-state index contributed by atoms with van der Waals surface area (Å²) in [7, 11) is 0. The molecule has 0 atom stereocenters. The summed E-state index contributed by atoms with van der Waals surface area (Å²) in [5.74, 6) is -0.142. The lowest BCUT2D eigenvalue weighted by Gasteiger charge is -2.34. The van der Waals surface area contributed by atoms with E-state index in [1.165, 1.54) is 6.07 Å². The van der Waals surface area contributed by atoms with Crippen LogP contribution in [0.5, 0.6) is 0 Å². The van der Waals surface area contributed by atoms with Crippen LogP contribution in [0.4, 0.5) is 0 Å². The summed E-state index contributed by atoms with van der Waals surface area (Å²) < 4.78 is 0. The summed E-state index contributed by atoms with van der Waals surface area (Å²) >= 11 is 0. The molecule has 1 aromatic rings. The van der Waals surface area contributed by atoms with Gasteiger partial charge in [-0.15, -0.1) is 0 Å². The summed E-state index contributed by atoms with van der Waals surface area (Å²) in [6, 6.07) is 4.58. The van der Waals surface area contributed by atoms with Crippen LogP contribution in [0.25, 0.3) is 0 Å². The number of nitrogens with one attached hydrogen (secondary N) is 1. The Morgan fingerprint density at radius 3 is 2.61 bits per heavy atom. The number of β-amino-alcohol motifs (C(OH)–C–C–N with tert-alkyl or cyclic N) is 1. The number of aliphatic hydroxyl groups excluding tert-OH is 1. The Balaban J connectivity index is 1.97. The van der Waals surface area contributed by atoms with Crippen molar-refractivity contribution in [1.29, 1.82) is 0 Å². The molecule has 1 aromatic heterocycles. The van der Waals surface area contributed by atoms with Crippen LogP contribution in [-0.4, -0.2) is 65.1 Å². The molecular weight excluding hydrogens is 234 g/mol. The number of hydrogen-bond donors (Lipinski definition) is 2. The van der Waals surface area contributed by atoms with Crippen molar-refractivity contribution >= 4 is 5.91 Å². The third-order valence-corrected chi connectivity index (χ3v) is 3.07. The van der Waals surface area contributed by atoms with Gasteiger partial charge in [0, 0.05) is 38.8 Å². The van der Waals surface area contributed by atoms with Crippen molar-refractivity contribution < 1.29 is 9.90 Å². The Kier molecular flexibility index (Phi) is 4.11. The molecule has 18 heavy (non-hydrogen) atoms. The topological polar surface area (TPSA) is 76.6 Å². The highest BCUT2D eigenvalue weighted by Gasteiger charge is 2.22. The summed E-state index contributed by atoms with van der Waals surface area (Å²) in [5, 5.41) is 8.84. The molecule has 0 spiro atoms. The van der Waals surface area contributed by atoms with Crippen molar-refractivity contribution in [2.75, 3.05) is 39.3 Å². The Morgan fingerprint density at radius 2 is 2.00 bits per heavy atom. The molecule has 1 amide bonds. The summed E-state index contributed by atoms with van der Waals surface area (Å²) in [6.45, 7) is 3.53. The van der Waals surface area contributed by atoms with Gasteiger partial charge in [-0.1, -0.05) is 6.07 Å². The second-order valence-electron chi connectivity index (χ2n) is 4.29. The Bertz CT molecular complexity index is 464. The molecule has 1 aliphatic heterocycles. The Morgan fingerprint density at radius 1 is 1.28 bits per heavy atom. The molecule has 0 unspecified atom stereocenters. The standard InChI is InChI=1S/C12H17N3O3/c16-9-8-14-4-6-15(7-5-14)12(18)10-2-1-3-11(17)13-10/h1-3,16H,4-9H2,(H,13,17). The lowest BCUT2D eigenvalue weighted by Crippen LogP contribution is -2.49. The van der Waals surface area contributed by atoms with E-state index in [2.05, 4.69) is 9.88 Å². The van der Waals surface area contributed by atoms with Crippen LogP contribution in [0.15, 0.2) is 23.0 Å². The lowest BCUT2D eigenvalue weighted by atomic mass is 10.2. The SMILES string of the molecule is O=C(c1cccc(=O)[nH]1)N1CCN(CCO)CC1. The number of aromatic nitrogens is 1. The number of pyridine rings is 1. The average molecular weight is 251 g/mol. The van der Waals surface area contributed by atoms with Gasteiger partial charge in [-0.2, -0.15) is 0 Å². The maximum atomic E-state index is 12.1. The number of aromatic amines is 1. The van der Waals surface area contributed by atoms with Gasteiger partial charge in [-0.05, 0) is 6.07 Å². The van der Waals surface area contributed by atoms with E-state index in [0.717, 1.165) is 13.1 Å². The van der Waals surface area contributed by atoms with E-state index in [1.807, 2.05) is 0 Å². The molecule has 98 valence electrons.